The van der Waals surface area contributed by atoms with Crippen LogP contribution in [-0.4, -0.2) is 33.7 Å². The van der Waals surface area contributed by atoms with Crippen LogP contribution in [0.5, 0.6) is 0 Å². The van der Waals surface area contributed by atoms with Crippen molar-refractivity contribution in [3.8, 4) is 0 Å². The first kappa shape index (κ1) is 14.7. The van der Waals surface area contributed by atoms with Crippen LogP contribution in [0.1, 0.15) is 10.4 Å². The van der Waals surface area contributed by atoms with Crippen molar-refractivity contribution < 1.29 is 13.2 Å². The standard InChI is InChI=1S/C10H14ClN3O3S/c1-18(16,17)14-5-4-13-10(15)8-3-2-7(12)6-9(8)11/h2-3,6,14H,4-5,12H2,1H3,(H,13,15). The first-order valence-electron chi connectivity index (χ1n) is 5.07. The smallest absolute Gasteiger partial charge is 0.252 e. The van der Waals surface area contributed by atoms with Crippen molar-refractivity contribution in [1.82, 2.24) is 10.0 Å². The molecule has 0 saturated heterocycles. The summed E-state index contributed by atoms with van der Waals surface area (Å²) in [5, 5.41) is 2.79. The molecule has 0 atom stereocenters. The van der Waals surface area contributed by atoms with Crippen LogP contribution in [0.2, 0.25) is 5.02 Å². The number of nitrogens with two attached hydrogens (primary N) is 1. The molecular weight excluding hydrogens is 278 g/mol. The van der Waals surface area contributed by atoms with Gasteiger partial charge in [-0.15, -0.1) is 0 Å². The second-order valence-electron chi connectivity index (χ2n) is 3.66. The van der Waals surface area contributed by atoms with Crippen LogP contribution in [0.15, 0.2) is 18.2 Å². The first-order valence-corrected chi connectivity index (χ1v) is 7.34. The fourth-order valence-corrected chi connectivity index (χ4v) is 1.97. The van der Waals surface area contributed by atoms with Gasteiger partial charge in [0, 0.05) is 18.8 Å². The highest BCUT2D eigenvalue weighted by molar-refractivity contribution is 7.88. The first-order chi connectivity index (χ1) is 8.29. The normalized spacial score (nSPS) is 11.2. The van der Waals surface area contributed by atoms with Gasteiger partial charge in [0.05, 0.1) is 16.8 Å². The molecule has 0 heterocycles. The summed E-state index contributed by atoms with van der Waals surface area (Å²) in [6, 6.07) is 4.55. The van der Waals surface area contributed by atoms with E-state index in [0.717, 1.165) is 6.26 Å². The quantitative estimate of drug-likeness (QED) is 0.533. The van der Waals surface area contributed by atoms with Crippen LogP contribution in [0, 0.1) is 0 Å². The molecular formula is C10H14ClN3O3S. The van der Waals surface area contributed by atoms with E-state index < -0.39 is 10.0 Å². The lowest BCUT2D eigenvalue weighted by atomic mass is 10.2. The number of hydrogen-bond acceptors (Lipinski definition) is 4. The number of carbonyl (C=O) groups is 1. The van der Waals surface area contributed by atoms with Crippen molar-refractivity contribution in [3.05, 3.63) is 28.8 Å². The van der Waals surface area contributed by atoms with Gasteiger partial charge in [0.2, 0.25) is 10.0 Å². The van der Waals surface area contributed by atoms with Crippen molar-refractivity contribution in [2.75, 3.05) is 25.1 Å². The molecule has 0 aromatic heterocycles. The molecule has 0 spiro atoms. The fraction of sp³-hybridized carbons (Fsp3) is 0.300. The van der Waals surface area contributed by atoms with Gasteiger partial charge < -0.3 is 11.1 Å². The van der Waals surface area contributed by atoms with Crippen LogP contribution in [-0.2, 0) is 10.0 Å². The Labute approximate surface area is 111 Å². The van der Waals surface area contributed by atoms with Gasteiger partial charge in [-0.05, 0) is 18.2 Å². The summed E-state index contributed by atoms with van der Waals surface area (Å²) in [7, 11) is -3.24. The molecule has 6 nitrogen and oxygen atoms in total. The van der Waals surface area contributed by atoms with E-state index in [1.807, 2.05) is 0 Å². The molecule has 0 unspecified atom stereocenters. The molecule has 1 aromatic rings. The summed E-state index contributed by atoms with van der Waals surface area (Å²) in [5.41, 5.74) is 6.27. The second kappa shape index (κ2) is 6.03. The second-order valence-corrected chi connectivity index (χ2v) is 5.90. The number of halogens is 1. The Morgan fingerprint density at radius 3 is 2.61 bits per heavy atom. The van der Waals surface area contributed by atoms with Gasteiger partial charge in [-0.2, -0.15) is 0 Å². The number of carbonyl (C=O) groups excluding carboxylic acids is 1. The van der Waals surface area contributed by atoms with Crippen molar-refractivity contribution in [2.45, 2.75) is 0 Å². The number of hydrogen-bond donors (Lipinski definition) is 3. The Bertz CT molecular complexity index is 545. The lowest BCUT2D eigenvalue weighted by Crippen LogP contribution is -2.34. The number of rotatable bonds is 5. The topological polar surface area (TPSA) is 101 Å². The van der Waals surface area contributed by atoms with Gasteiger partial charge in [-0.3, -0.25) is 4.79 Å². The van der Waals surface area contributed by atoms with Gasteiger partial charge in [0.15, 0.2) is 0 Å². The van der Waals surface area contributed by atoms with Crippen LogP contribution in [0.4, 0.5) is 5.69 Å². The van der Waals surface area contributed by atoms with Gasteiger partial charge in [0.25, 0.3) is 5.91 Å². The van der Waals surface area contributed by atoms with Gasteiger partial charge in [-0.25, -0.2) is 13.1 Å². The largest absolute Gasteiger partial charge is 0.399 e. The zero-order valence-electron chi connectivity index (χ0n) is 9.73. The predicted molar refractivity (Wildman–Crippen MR) is 71.0 cm³/mol. The molecule has 0 radical (unpaired) electrons. The van der Waals surface area contributed by atoms with E-state index in [2.05, 4.69) is 10.0 Å². The van der Waals surface area contributed by atoms with Gasteiger partial charge in [0.1, 0.15) is 0 Å². The van der Waals surface area contributed by atoms with Crippen molar-refractivity contribution >= 4 is 33.2 Å². The summed E-state index contributed by atoms with van der Waals surface area (Å²) in [6.45, 7) is 0.295. The third-order valence-electron chi connectivity index (χ3n) is 2.01. The highest BCUT2D eigenvalue weighted by atomic mass is 35.5. The Balaban J connectivity index is 2.51. The highest BCUT2D eigenvalue weighted by Gasteiger charge is 2.09. The lowest BCUT2D eigenvalue weighted by molar-refractivity contribution is 0.0954. The number of sulfonamides is 1. The van der Waals surface area contributed by atoms with Gasteiger partial charge in [-0.1, -0.05) is 11.6 Å². The maximum absolute atomic E-state index is 11.7. The van der Waals surface area contributed by atoms with E-state index in [-0.39, 0.29) is 24.0 Å². The average Bonchev–Trinajstić information content (AvgIpc) is 2.22. The Kier molecular flexibility index (Phi) is 4.94. The number of amides is 1. The minimum Gasteiger partial charge on any atom is -0.399 e. The highest BCUT2D eigenvalue weighted by Crippen LogP contribution is 2.18. The van der Waals surface area contributed by atoms with Crippen molar-refractivity contribution in [2.24, 2.45) is 0 Å². The molecule has 0 aliphatic rings. The van der Waals surface area contributed by atoms with E-state index in [1.54, 1.807) is 6.07 Å². The lowest BCUT2D eigenvalue weighted by Gasteiger charge is -2.07. The summed E-state index contributed by atoms with van der Waals surface area (Å²) in [4.78, 5) is 11.7. The number of nitrogen functional groups attached to an aromatic ring is 1. The summed E-state index contributed by atoms with van der Waals surface area (Å²) in [6.07, 6.45) is 1.05. The molecule has 8 heteroatoms. The summed E-state index contributed by atoms with van der Waals surface area (Å²) >= 11 is 5.86. The summed E-state index contributed by atoms with van der Waals surface area (Å²) in [5.74, 6) is -0.379. The number of anilines is 1. The molecule has 0 saturated carbocycles. The van der Waals surface area contributed by atoms with Crippen molar-refractivity contribution in [1.29, 1.82) is 0 Å². The Morgan fingerprint density at radius 1 is 1.39 bits per heavy atom. The maximum Gasteiger partial charge on any atom is 0.252 e. The third kappa shape index (κ3) is 4.91. The zero-order chi connectivity index (χ0) is 13.8. The van der Waals surface area contributed by atoms with E-state index >= 15 is 0 Å². The molecule has 0 bridgehead atoms. The molecule has 0 aliphatic heterocycles. The van der Waals surface area contributed by atoms with Crippen LogP contribution in [0.25, 0.3) is 0 Å². The maximum atomic E-state index is 11.7. The minimum absolute atomic E-state index is 0.122. The van der Waals surface area contributed by atoms with E-state index in [0.29, 0.717) is 11.3 Å². The molecule has 1 amide bonds. The molecule has 1 aromatic carbocycles. The van der Waals surface area contributed by atoms with Gasteiger partial charge >= 0.3 is 0 Å². The monoisotopic (exact) mass is 291 g/mol. The SMILES string of the molecule is CS(=O)(=O)NCCNC(=O)c1ccc(N)cc1Cl. The van der Waals surface area contributed by atoms with E-state index in [9.17, 15) is 13.2 Å². The minimum atomic E-state index is -3.24. The number of benzene rings is 1. The molecule has 1 rings (SSSR count). The molecule has 0 aliphatic carbocycles. The zero-order valence-corrected chi connectivity index (χ0v) is 11.3. The fourth-order valence-electron chi connectivity index (χ4n) is 1.22. The molecule has 4 N–H and O–H groups in total. The number of nitrogens with one attached hydrogen (secondary N) is 2. The molecule has 100 valence electrons. The van der Waals surface area contributed by atoms with Crippen LogP contribution in [0.3, 0.4) is 0 Å². The Morgan fingerprint density at radius 2 is 2.06 bits per heavy atom. The summed E-state index contributed by atoms with van der Waals surface area (Å²) < 4.78 is 23.8. The third-order valence-corrected chi connectivity index (χ3v) is 3.05. The van der Waals surface area contributed by atoms with E-state index in [4.69, 9.17) is 17.3 Å². The van der Waals surface area contributed by atoms with Crippen molar-refractivity contribution in [3.63, 3.8) is 0 Å². The predicted octanol–water partition coefficient (Wildman–Crippen LogP) is 0.201. The average molecular weight is 292 g/mol. The van der Waals surface area contributed by atoms with Crippen LogP contribution < -0.4 is 15.8 Å². The van der Waals surface area contributed by atoms with Crippen LogP contribution >= 0.6 is 11.6 Å². The van der Waals surface area contributed by atoms with E-state index in [1.165, 1.54) is 12.1 Å². The molecule has 18 heavy (non-hydrogen) atoms. The Hall–Kier alpha value is -1.31. The molecule has 0 fully saturated rings.